The van der Waals surface area contributed by atoms with E-state index in [1.54, 1.807) is 33.0 Å². The van der Waals surface area contributed by atoms with Crippen molar-refractivity contribution in [3.05, 3.63) is 83.9 Å². The molecule has 1 aliphatic rings. The standard InChI is InChI=1S/C26H27NO5/c1-26(2)25(28)27(24(32-26)23-21(29-3)11-8-12-22(23)30-4)17-18-13-15-20(16-14-18)31-19-9-6-5-7-10-19/h5-16,24H,17H2,1-4H3. The summed E-state index contributed by atoms with van der Waals surface area (Å²) < 4.78 is 23.2. The Morgan fingerprint density at radius 3 is 2.03 bits per heavy atom. The zero-order valence-corrected chi connectivity index (χ0v) is 18.7. The predicted molar refractivity (Wildman–Crippen MR) is 121 cm³/mol. The largest absolute Gasteiger partial charge is 0.496 e. The molecule has 6 nitrogen and oxygen atoms in total. The van der Waals surface area contributed by atoms with Crippen LogP contribution in [-0.4, -0.2) is 30.6 Å². The molecule has 6 heteroatoms. The molecule has 0 saturated carbocycles. The van der Waals surface area contributed by atoms with E-state index >= 15 is 0 Å². The van der Waals surface area contributed by atoms with Gasteiger partial charge in [0, 0.05) is 6.54 Å². The summed E-state index contributed by atoms with van der Waals surface area (Å²) in [5, 5.41) is 0. The minimum Gasteiger partial charge on any atom is -0.496 e. The first-order valence-corrected chi connectivity index (χ1v) is 10.4. The maximum absolute atomic E-state index is 13.2. The Morgan fingerprint density at radius 1 is 0.844 bits per heavy atom. The fourth-order valence-corrected chi connectivity index (χ4v) is 3.82. The number of carbonyl (C=O) groups excluding carboxylic acids is 1. The lowest BCUT2D eigenvalue weighted by Crippen LogP contribution is -2.35. The van der Waals surface area contributed by atoms with Crippen molar-refractivity contribution in [1.82, 2.24) is 4.90 Å². The number of carbonyl (C=O) groups is 1. The van der Waals surface area contributed by atoms with E-state index in [1.165, 1.54) is 0 Å². The predicted octanol–water partition coefficient (Wildman–Crippen LogP) is 5.33. The molecule has 4 rings (SSSR count). The number of ether oxygens (including phenoxy) is 4. The average molecular weight is 434 g/mol. The van der Waals surface area contributed by atoms with E-state index < -0.39 is 11.8 Å². The normalized spacial score (nSPS) is 17.3. The topological polar surface area (TPSA) is 57.2 Å². The summed E-state index contributed by atoms with van der Waals surface area (Å²) in [7, 11) is 3.19. The molecule has 0 aliphatic carbocycles. The highest BCUT2D eigenvalue weighted by Crippen LogP contribution is 2.45. The van der Waals surface area contributed by atoms with Crippen molar-refractivity contribution in [2.75, 3.05) is 14.2 Å². The van der Waals surface area contributed by atoms with E-state index in [0.717, 1.165) is 17.1 Å². The maximum Gasteiger partial charge on any atom is 0.256 e. The van der Waals surface area contributed by atoms with Crippen molar-refractivity contribution in [2.45, 2.75) is 32.2 Å². The van der Waals surface area contributed by atoms with E-state index in [2.05, 4.69) is 0 Å². The number of methoxy groups -OCH3 is 2. The Kier molecular flexibility index (Phi) is 6.06. The molecule has 1 atom stereocenters. The van der Waals surface area contributed by atoms with Crippen LogP contribution in [0.15, 0.2) is 72.8 Å². The Morgan fingerprint density at radius 2 is 1.44 bits per heavy atom. The molecule has 166 valence electrons. The third-order valence-electron chi connectivity index (χ3n) is 5.43. The molecule has 1 heterocycles. The number of benzene rings is 3. The highest BCUT2D eigenvalue weighted by atomic mass is 16.6. The summed E-state index contributed by atoms with van der Waals surface area (Å²) in [5.74, 6) is 2.62. The first kappa shape index (κ1) is 21.7. The van der Waals surface area contributed by atoms with Gasteiger partial charge in [0.1, 0.15) is 28.6 Å². The number of hydrogen-bond acceptors (Lipinski definition) is 5. The van der Waals surface area contributed by atoms with Crippen molar-refractivity contribution in [1.29, 1.82) is 0 Å². The van der Waals surface area contributed by atoms with Gasteiger partial charge in [0.15, 0.2) is 6.23 Å². The number of amides is 1. The molecule has 0 bridgehead atoms. The van der Waals surface area contributed by atoms with Gasteiger partial charge in [-0.15, -0.1) is 0 Å². The first-order valence-electron chi connectivity index (χ1n) is 10.4. The molecule has 1 amide bonds. The third-order valence-corrected chi connectivity index (χ3v) is 5.43. The number of hydrogen-bond donors (Lipinski definition) is 0. The molecule has 1 fully saturated rings. The summed E-state index contributed by atoms with van der Waals surface area (Å²) in [6.45, 7) is 3.93. The summed E-state index contributed by atoms with van der Waals surface area (Å²) >= 11 is 0. The van der Waals surface area contributed by atoms with Gasteiger partial charge in [-0.05, 0) is 55.8 Å². The van der Waals surface area contributed by atoms with Gasteiger partial charge in [-0.3, -0.25) is 4.79 Å². The monoisotopic (exact) mass is 433 g/mol. The van der Waals surface area contributed by atoms with Crippen molar-refractivity contribution < 1.29 is 23.7 Å². The van der Waals surface area contributed by atoms with Gasteiger partial charge in [0.2, 0.25) is 0 Å². The van der Waals surface area contributed by atoms with Crippen LogP contribution in [-0.2, 0) is 16.1 Å². The van der Waals surface area contributed by atoms with E-state index in [4.69, 9.17) is 18.9 Å². The second-order valence-electron chi connectivity index (χ2n) is 8.05. The van der Waals surface area contributed by atoms with Gasteiger partial charge in [0.05, 0.1) is 19.8 Å². The van der Waals surface area contributed by atoms with Crippen molar-refractivity contribution >= 4 is 5.91 Å². The Bertz CT molecular complexity index is 1060. The van der Waals surface area contributed by atoms with Crippen LogP contribution in [0.1, 0.15) is 31.2 Å². The van der Waals surface area contributed by atoms with Crippen LogP contribution >= 0.6 is 0 Å². The van der Waals surface area contributed by atoms with Gasteiger partial charge in [-0.25, -0.2) is 0 Å². The minimum atomic E-state index is -0.965. The van der Waals surface area contributed by atoms with Crippen LogP contribution in [0.25, 0.3) is 0 Å². The molecule has 0 radical (unpaired) electrons. The smallest absolute Gasteiger partial charge is 0.256 e. The van der Waals surface area contributed by atoms with Crippen molar-refractivity contribution in [3.63, 3.8) is 0 Å². The third kappa shape index (κ3) is 4.27. The summed E-state index contributed by atoms with van der Waals surface area (Å²) in [5.41, 5.74) is 0.687. The van der Waals surface area contributed by atoms with Crippen LogP contribution in [0.2, 0.25) is 0 Å². The van der Waals surface area contributed by atoms with Crippen LogP contribution in [0.5, 0.6) is 23.0 Å². The summed E-state index contributed by atoms with van der Waals surface area (Å²) in [6, 6.07) is 22.8. The Hall–Kier alpha value is -3.51. The van der Waals surface area contributed by atoms with Crippen molar-refractivity contribution in [2.24, 2.45) is 0 Å². The molecule has 1 unspecified atom stereocenters. The second-order valence-corrected chi connectivity index (χ2v) is 8.05. The van der Waals surface area contributed by atoms with Crippen LogP contribution < -0.4 is 14.2 Å². The fraction of sp³-hybridized carbons (Fsp3) is 0.269. The van der Waals surface area contributed by atoms with E-state index in [0.29, 0.717) is 23.6 Å². The lowest BCUT2D eigenvalue weighted by atomic mass is 10.1. The average Bonchev–Trinajstić information content (AvgIpc) is 3.03. The minimum absolute atomic E-state index is 0.0972. The molecular formula is C26H27NO5. The quantitative estimate of drug-likeness (QED) is 0.504. The zero-order valence-electron chi connectivity index (χ0n) is 18.7. The van der Waals surface area contributed by atoms with Gasteiger partial charge >= 0.3 is 0 Å². The zero-order chi connectivity index (χ0) is 22.7. The number of rotatable bonds is 7. The molecule has 3 aromatic rings. The number of para-hydroxylation sites is 1. The Balaban J connectivity index is 1.61. The Labute approximate surface area is 188 Å². The summed E-state index contributed by atoms with van der Waals surface area (Å²) in [6.07, 6.45) is -0.635. The SMILES string of the molecule is COc1cccc(OC)c1C1OC(C)(C)C(=O)N1Cc1ccc(Oc2ccccc2)cc1. The van der Waals surface area contributed by atoms with E-state index in [1.807, 2.05) is 72.8 Å². The molecule has 3 aromatic carbocycles. The van der Waals surface area contributed by atoms with E-state index in [9.17, 15) is 4.79 Å². The van der Waals surface area contributed by atoms with Crippen LogP contribution in [0.4, 0.5) is 0 Å². The summed E-state index contributed by atoms with van der Waals surface area (Å²) in [4.78, 5) is 14.9. The van der Waals surface area contributed by atoms with E-state index in [-0.39, 0.29) is 5.91 Å². The molecule has 1 aliphatic heterocycles. The second kappa shape index (κ2) is 8.93. The van der Waals surface area contributed by atoms with Gasteiger partial charge in [0.25, 0.3) is 5.91 Å². The van der Waals surface area contributed by atoms with Crippen LogP contribution in [0, 0.1) is 0 Å². The molecule has 0 aromatic heterocycles. The molecule has 0 spiro atoms. The lowest BCUT2D eigenvalue weighted by Gasteiger charge is -2.26. The highest BCUT2D eigenvalue weighted by Gasteiger charge is 2.48. The first-order chi connectivity index (χ1) is 15.4. The fourth-order valence-electron chi connectivity index (χ4n) is 3.82. The molecule has 0 N–H and O–H groups in total. The molecule has 1 saturated heterocycles. The highest BCUT2D eigenvalue weighted by molar-refractivity contribution is 5.86. The van der Waals surface area contributed by atoms with Crippen LogP contribution in [0.3, 0.4) is 0 Å². The molecule has 32 heavy (non-hydrogen) atoms. The number of nitrogens with zero attached hydrogens (tertiary/aromatic N) is 1. The van der Waals surface area contributed by atoms with Crippen molar-refractivity contribution in [3.8, 4) is 23.0 Å². The maximum atomic E-state index is 13.2. The van der Waals surface area contributed by atoms with Gasteiger partial charge in [-0.1, -0.05) is 36.4 Å². The lowest BCUT2D eigenvalue weighted by molar-refractivity contribution is -0.134. The van der Waals surface area contributed by atoms with Gasteiger partial charge < -0.3 is 23.8 Å². The van der Waals surface area contributed by atoms with Gasteiger partial charge in [-0.2, -0.15) is 0 Å². The molecular weight excluding hydrogens is 406 g/mol.